The van der Waals surface area contributed by atoms with E-state index in [4.69, 9.17) is 4.42 Å². The summed E-state index contributed by atoms with van der Waals surface area (Å²) in [6.07, 6.45) is 3.41. The molecule has 1 aromatic heterocycles. The number of nitrogens with zero attached hydrogens (tertiary/aromatic N) is 1. The van der Waals surface area contributed by atoms with Crippen LogP contribution in [0.25, 0.3) is 11.3 Å². The van der Waals surface area contributed by atoms with Gasteiger partial charge in [0.25, 0.3) is 5.91 Å². The second kappa shape index (κ2) is 10.7. The van der Waals surface area contributed by atoms with Crippen LogP contribution in [0, 0.1) is 0 Å². The minimum atomic E-state index is -3.76. The lowest BCUT2D eigenvalue weighted by molar-refractivity contribution is -0.117. The summed E-state index contributed by atoms with van der Waals surface area (Å²) in [4.78, 5) is 24.4. The molecule has 2 N–H and O–H groups in total. The number of benzene rings is 2. The fourth-order valence-electron chi connectivity index (χ4n) is 3.97. The maximum Gasteiger partial charge on any atom is 0.291 e. The van der Waals surface area contributed by atoms with Crippen molar-refractivity contribution in [1.29, 1.82) is 0 Å². The number of sulfonamides is 1. The molecule has 1 aliphatic rings. The zero-order valence-electron chi connectivity index (χ0n) is 19.1. The zero-order valence-corrected chi connectivity index (χ0v) is 20.0. The maximum absolute atomic E-state index is 13.2. The lowest BCUT2D eigenvalue weighted by atomic mass is 10.1. The Bertz CT molecular complexity index is 1300. The number of amides is 2. The molecular weight excluding hydrogens is 466 g/mol. The molecule has 35 heavy (non-hydrogen) atoms. The molecular formula is C26H27N3O5S. The first-order valence-corrected chi connectivity index (χ1v) is 12.8. The van der Waals surface area contributed by atoms with Crippen LogP contribution in [0.4, 0.5) is 5.69 Å². The Labute approximate surface area is 204 Å². The average molecular weight is 494 g/mol. The first-order valence-electron chi connectivity index (χ1n) is 11.4. The monoisotopic (exact) mass is 493 g/mol. The lowest BCUT2D eigenvalue weighted by Gasteiger charge is -2.24. The molecule has 2 amide bonds. The zero-order chi connectivity index (χ0) is 24.8. The Hall–Kier alpha value is -3.69. The molecule has 1 fully saturated rings. The number of carbonyl (C=O) groups is 2. The van der Waals surface area contributed by atoms with E-state index in [0.717, 1.165) is 12.0 Å². The predicted molar refractivity (Wildman–Crippen MR) is 133 cm³/mol. The molecule has 182 valence electrons. The SMILES string of the molecule is C=CC(=O)NC1CCCCN(S(=O)(=O)c2ccc(NC(=O)c3ccc(-c4ccccc4)o3)cc2)C1. The Morgan fingerprint density at radius 3 is 2.46 bits per heavy atom. The fraction of sp³-hybridized carbons (Fsp3) is 0.231. The van der Waals surface area contributed by atoms with E-state index in [1.165, 1.54) is 22.5 Å². The van der Waals surface area contributed by atoms with Crippen molar-refractivity contribution in [3.63, 3.8) is 0 Å². The number of rotatable bonds is 7. The van der Waals surface area contributed by atoms with Crippen LogP contribution in [0.3, 0.4) is 0 Å². The van der Waals surface area contributed by atoms with Gasteiger partial charge >= 0.3 is 0 Å². The molecule has 0 aliphatic carbocycles. The third-order valence-corrected chi connectivity index (χ3v) is 7.68. The van der Waals surface area contributed by atoms with Crippen molar-refractivity contribution in [1.82, 2.24) is 9.62 Å². The van der Waals surface area contributed by atoms with E-state index < -0.39 is 15.9 Å². The van der Waals surface area contributed by atoms with Gasteiger partial charge in [0.1, 0.15) is 5.76 Å². The van der Waals surface area contributed by atoms with Crippen molar-refractivity contribution in [3.8, 4) is 11.3 Å². The van der Waals surface area contributed by atoms with Crippen molar-refractivity contribution in [3.05, 3.63) is 85.1 Å². The molecule has 1 aliphatic heterocycles. The summed E-state index contributed by atoms with van der Waals surface area (Å²) in [7, 11) is -3.76. The van der Waals surface area contributed by atoms with Crippen molar-refractivity contribution < 1.29 is 22.4 Å². The van der Waals surface area contributed by atoms with Crippen LogP contribution >= 0.6 is 0 Å². The predicted octanol–water partition coefficient (Wildman–Crippen LogP) is 4.04. The van der Waals surface area contributed by atoms with Crippen molar-refractivity contribution in [2.75, 3.05) is 18.4 Å². The Kier molecular flexibility index (Phi) is 7.48. The van der Waals surface area contributed by atoms with Gasteiger partial charge in [0.2, 0.25) is 15.9 Å². The summed E-state index contributed by atoms with van der Waals surface area (Å²) < 4.78 is 33.5. The molecule has 9 heteroatoms. The van der Waals surface area contributed by atoms with Crippen LogP contribution < -0.4 is 10.6 Å². The van der Waals surface area contributed by atoms with Gasteiger partial charge in [-0.05, 0) is 55.3 Å². The summed E-state index contributed by atoms with van der Waals surface area (Å²) in [6.45, 7) is 4.02. The third-order valence-electron chi connectivity index (χ3n) is 5.80. The topological polar surface area (TPSA) is 109 Å². The van der Waals surface area contributed by atoms with E-state index in [1.807, 2.05) is 30.3 Å². The summed E-state index contributed by atoms with van der Waals surface area (Å²) in [5.74, 6) is -0.0205. The van der Waals surface area contributed by atoms with Crippen LogP contribution in [-0.2, 0) is 14.8 Å². The van der Waals surface area contributed by atoms with Gasteiger partial charge in [0.05, 0.1) is 4.90 Å². The van der Waals surface area contributed by atoms with E-state index in [9.17, 15) is 18.0 Å². The van der Waals surface area contributed by atoms with Gasteiger partial charge in [-0.3, -0.25) is 9.59 Å². The molecule has 2 heterocycles. The third kappa shape index (κ3) is 5.87. The molecule has 1 saturated heterocycles. The van der Waals surface area contributed by atoms with Gasteiger partial charge < -0.3 is 15.1 Å². The molecule has 3 aromatic rings. The molecule has 4 rings (SSSR count). The number of furan rings is 1. The highest BCUT2D eigenvalue weighted by atomic mass is 32.2. The van der Waals surface area contributed by atoms with Crippen molar-refractivity contribution in [2.24, 2.45) is 0 Å². The Balaban J connectivity index is 1.43. The molecule has 0 bridgehead atoms. The summed E-state index contributed by atoms with van der Waals surface area (Å²) in [6, 6.07) is 18.5. The second-order valence-electron chi connectivity index (χ2n) is 8.28. The molecule has 0 radical (unpaired) electrons. The second-order valence-corrected chi connectivity index (χ2v) is 10.2. The molecule has 8 nitrogen and oxygen atoms in total. The standard InChI is InChI=1S/C26H27N3O5S/c1-2-25(30)27-21-10-6-7-17-29(18-21)35(32,33)22-13-11-20(12-14-22)28-26(31)24-16-15-23(34-24)19-8-4-3-5-9-19/h2-5,8-9,11-16,21H,1,6-7,10,17-18H2,(H,27,30)(H,28,31). The molecule has 0 spiro atoms. The Morgan fingerprint density at radius 2 is 1.74 bits per heavy atom. The molecule has 0 saturated carbocycles. The number of hydrogen-bond donors (Lipinski definition) is 2. The minimum Gasteiger partial charge on any atom is -0.451 e. The van der Waals surface area contributed by atoms with E-state index in [-0.39, 0.29) is 29.1 Å². The van der Waals surface area contributed by atoms with Crippen LogP contribution in [0.1, 0.15) is 29.8 Å². The van der Waals surface area contributed by atoms with E-state index in [0.29, 0.717) is 30.8 Å². The van der Waals surface area contributed by atoms with E-state index in [2.05, 4.69) is 17.2 Å². The van der Waals surface area contributed by atoms with E-state index in [1.54, 1.807) is 24.3 Å². The van der Waals surface area contributed by atoms with Crippen LogP contribution in [-0.4, -0.2) is 43.7 Å². The van der Waals surface area contributed by atoms with Crippen LogP contribution in [0.5, 0.6) is 0 Å². The first kappa shape index (κ1) is 24.4. The summed E-state index contributed by atoms with van der Waals surface area (Å²) in [5.41, 5.74) is 1.31. The largest absolute Gasteiger partial charge is 0.451 e. The van der Waals surface area contributed by atoms with Gasteiger partial charge in [0.15, 0.2) is 5.76 Å². The smallest absolute Gasteiger partial charge is 0.291 e. The highest BCUT2D eigenvalue weighted by Crippen LogP contribution is 2.24. The molecule has 1 unspecified atom stereocenters. The van der Waals surface area contributed by atoms with Gasteiger partial charge in [0, 0.05) is 30.4 Å². The fourth-order valence-corrected chi connectivity index (χ4v) is 5.50. The summed E-state index contributed by atoms with van der Waals surface area (Å²) in [5, 5.41) is 5.53. The van der Waals surface area contributed by atoms with E-state index >= 15 is 0 Å². The van der Waals surface area contributed by atoms with Crippen molar-refractivity contribution >= 4 is 27.5 Å². The van der Waals surface area contributed by atoms with Gasteiger partial charge in [-0.25, -0.2) is 8.42 Å². The number of carbonyl (C=O) groups excluding carboxylic acids is 2. The average Bonchev–Trinajstić information content (AvgIpc) is 3.25. The maximum atomic E-state index is 13.2. The van der Waals surface area contributed by atoms with Crippen LogP contribution in [0.15, 0.2) is 88.7 Å². The highest BCUT2D eigenvalue weighted by Gasteiger charge is 2.29. The van der Waals surface area contributed by atoms with Crippen molar-refractivity contribution in [2.45, 2.75) is 30.2 Å². The lowest BCUT2D eigenvalue weighted by Crippen LogP contribution is -2.44. The minimum absolute atomic E-state index is 0.121. The highest BCUT2D eigenvalue weighted by molar-refractivity contribution is 7.89. The number of nitrogens with one attached hydrogen (secondary N) is 2. The quantitative estimate of drug-likeness (QED) is 0.483. The number of hydrogen-bond acceptors (Lipinski definition) is 5. The van der Waals surface area contributed by atoms with Gasteiger partial charge in [-0.15, -0.1) is 0 Å². The molecule has 1 atom stereocenters. The Morgan fingerprint density at radius 1 is 1.00 bits per heavy atom. The number of anilines is 1. The van der Waals surface area contributed by atoms with Gasteiger partial charge in [-0.1, -0.05) is 43.3 Å². The normalized spacial score (nSPS) is 16.7. The first-order chi connectivity index (χ1) is 16.9. The van der Waals surface area contributed by atoms with Crippen LogP contribution in [0.2, 0.25) is 0 Å². The summed E-state index contributed by atoms with van der Waals surface area (Å²) >= 11 is 0. The van der Waals surface area contributed by atoms with Gasteiger partial charge in [-0.2, -0.15) is 4.31 Å². The molecule has 2 aromatic carbocycles.